The third-order valence-corrected chi connectivity index (χ3v) is 4.32. The topological polar surface area (TPSA) is 59.3 Å². The predicted octanol–water partition coefficient (Wildman–Crippen LogP) is 2.80. The van der Waals surface area contributed by atoms with E-state index in [1.807, 2.05) is 70.8 Å². The van der Waals surface area contributed by atoms with Gasteiger partial charge in [0.05, 0.1) is 16.7 Å². The van der Waals surface area contributed by atoms with Gasteiger partial charge in [-0.15, -0.1) is 0 Å². The molecule has 0 aliphatic heterocycles. The van der Waals surface area contributed by atoms with E-state index < -0.39 is 5.54 Å². The lowest BCUT2D eigenvalue weighted by molar-refractivity contribution is -0.671. The van der Waals surface area contributed by atoms with Crippen LogP contribution in [0, 0.1) is 20.8 Å². The first kappa shape index (κ1) is 19.6. The van der Waals surface area contributed by atoms with Crippen LogP contribution in [-0.2, 0) is 11.8 Å². The Morgan fingerprint density at radius 3 is 2.23 bits per heavy atom. The maximum Gasteiger partial charge on any atom is 0.338 e. The van der Waals surface area contributed by atoms with Crippen molar-refractivity contribution in [3.63, 3.8) is 0 Å². The van der Waals surface area contributed by atoms with Gasteiger partial charge in [-0.05, 0) is 57.4 Å². The molecular weight excluding hydrogens is 328 g/mol. The van der Waals surface area contributed by atoms with Gasteiger partial charge in [-0.25, -0.2) is 9.36 Å². The first-order chi connectivity index (χ1) is 12.1. The molecule has 1 N–H and O–H groups in total. The summed E-state index contributed by atoms with van der Waals surface area (Å²) >= 11 is 0. The Morgan fingerprint density at radius 2 is 1.62 bits per heavy atom. The van der Waals surface area contributed by atoms with Gasteiger partial charge >= 0.3 is 5.97 Å². The number of amides is 1. The number of nitrogens with one attached hydrogen (secondary N) is 1. The Labute approximate surface area is 155 Å². The van der Waals surface area contributed by atoms with E-state index in [0.29, 0.717) is 11.1 Å². The Hall–Kier alpha value is -2.69. The van der Waals surface area contributed by atoms with E-state index in [2.05, 4.69) is 5.32 Å². The van der Waals surface area contributed by atoms with E-state index in [1.165, 1.54) is 0 Å². The molecule has 0 saturated heterocycles. The number of carbonyl (C=O) groups excluding carboxylic acids is 2. The minimum Gasteiger partial charge on any atom is -0.460 e. The van der Waals surface area contributed by atoms with Crippen LogP contribution in [0.5, 0.6) is 0 Å². The molecule has 138 valence electrons. The Kier molecular flexibility index (Phi) is 5.80. The van der Waals surface area contributed by atoms with Crippen LogP contribution < -0.4 is 9.88 Å². The van der Waals surface area contributed by atoms with Crippen molar-refractivity contribution < 1.29 is 18.9 Å². The number of benzene rings is 1. The highest BCUT2D eigenvalue weighted by molar-refractivity contribution is 5.94. The molecule has 1 aromatic heterocycles. The average molecular weight is 355 g/mol. The number of pyridine rings is 1. The van der Waals surface area contributed by atoms with Gasteiger partial charge in [-0.2, -0.15) is 0 Å². The third kappa shape index (κ3) is 4.91. The van der Waals surface area contributed by atoms with E-state index in [9.17, 15) is 9.59 Å². The summed E-state index contributed by atoms with van der Waals surface area (Å²) < 4.78 is 7.32. The number of rotatable bonds is 5. The summed E-state index contributed by atoms with van der Waals surface area (Å²) in [5.41, 5.74) is 3.52. The molecule has 1 amide bonds. The standard InChI is InChI=1S/C21H26N2O3/c1-14-11-16(3)18(12-15(14)2)20(25)26-13-21(4,5)22-19(24)17-7-9-23(6)10-8-17/h7-12H,13H2,1-6H3/p+1. The fourth-order valence-corrected chi connectivity index (χ4v) is 2.57. The van der Waals surface area contributed by atoms with Crippen molar-refractivity contribution in [1.82, 2.24) is 5.32 Å². The zero-order valence-electron chi connectivity index (χ0n) is 16.3. The largest absolute Gasteiger partial charge is 0.460 e. The number of aromatic nitrogens is 1. The molecule has 0 fully saturated rings. The fraction of sp³-hybridized carbons (Fsp3) is 0.381. The normalized spacial score (nSPS) is 11.2. The third-order valence-electron chi connectivity index (χ3n) is 4.32. The molecule has 2 rings (SSSR count). The molecule has 26 heavy (non-hydrogen) atoms. The van der Waals surface area contributed by atoms with Crippen LogP contribution >= 0.6 is 0 Å². The molecule has 0 saturated carbocycles. The average Bonchev–Trinajstić information content (AvgIpc) is 2.56. The molecule has 0 radical (unpaired) electrons. The van der Waals surface area contributed by atoms with Crippen molar-refractivity contribution in [3.05, 3.63) is 64.5 Å². The first-order valence-electron chi connectivity index (χ1n) is 8.62. The van der Waals surface area contributed by atoms with E-state index in [4.69, 9.17) is 4.74 Å². The van der Waals surface area contributed by atoms with E-state index >= 15 is 0 Å². The fourth-order valence-electron chi connectivity index (χ4n) is 2.57. The van der Waals surface area contributed by atoms with E-state index in [-0.39, 0.29) is 18.5 Å². The minimum atomic E-state index is -0.682. The Bertz CT molecular complexity index is 824. The van der Waals surface area contributed by atoms with Gasteiger partial charge in [0, 0.05) is 12.1 Å². The summed E-state index contributed by atoms with van der Waals surface area (Å²) in [4.78, 5) is 24.8. The summed E-state index contributed by atoms with van der Waals surface area (Å²) in [5, 5.41) is 2.91. The zero-order valence-corrected chi connectivity index (χ0v) is 16.3. The number of carbonyl (C=O) groups is 2. The number of hydrogen-bond donors (Lipinski definition) is 1. The van der Waals surface area contributed by atoms with Crippen molar-refractivity contribution in [2.45, 2.75) is 40.2 Å². The van der Waals surface area contributed by atoms with Crippen LogP contribution in [0.2, 0.25) is 0 Å². The lowest BCUT2D eigenvalue weighted by Crippen LogP contribution is -2.47. The summed E-state index contributed by atoms with van der Waals surface area (Å²) in [6.07, 6.45) is 3.62. The quantitative estimate of drug-likeness (QED) is 0.663. The zero-order chi connectivity index (χ0) is 19.5. The van der Waals surface area contributed by atoms with Gasteiger partial charge in [0.25, 0.3) is 5.91 Å². The highest BCUT2D eigenvalue weighted by Gasteiger charge is 2.24. The molecular formula is C21H27N2O3+. The second-order valence-corrected chi connectivity index (χ2v) is 7.42. The van der Waals surface area contributed by atoms with Gasteiger partial charge in [0.2, 0.25) is 0 Å². The van der Waals surface area contributed by atoms with Crippen LogP contribution in [0.3, 0.4) is 0 Å². The highest BCUT2D eigenvalue weighted by atomic mass is 16.5. The summed E-state index contributed by atoms with van der Waals surface area (Å²) in [7, 11) is 1.89. The number of ether oxygens (including phenoxy) is 1. The predicted molar refractivity (Wildman–Crippen MR) is 100 cm³/mol. The van der Waals surface area contributed by atoms with E-state index in [1.54, 1.807) is 12.1 Å². The maximum absolute atomic E-state index is 12.4. The second kappa shape index (κ2) is 7.68. The van der Waals surface area contributed by atoms with Gasteiger partial charge < -0.3 is 10.1 Å². The van der Waals surface area contributed by atoms with Crippen molar-refractivity contribution in [2.75, 3.05) is 6.61 Å². The van der Waals surface area contributed by atoms with Gasteiger partial charge in [0.15, 0.2) is 12.4 Å². The molecule has 5 nitrogen and oxygen atoms in total. The second-order valence-electron chi connectivity index (χ2n) is 7.42. The SMILES string of the molecule is Cc1cc(C)c(C(=O)OCC(C)(C)NC(=O)c2cc[n+](C)cc2)cc1C. The van der Waals surface area contributed by atoms with Crippen molar-refractivity contribution in [3.8, 4) is 0 Å². The molecule has 0 aliphatic carbocycles. The summed E-state index contributed by atoms with van der Waals surface area (Å²) in [6.45, 7) is 9.62. The molecule has 5 heteroatoms. The lowest BCUT2D eigenvalue weighted by atomic mass is 10.0. The molecule has 0 aliphatic rings. The number of aryl methyl sites for hydroxylation is 4. The monoisotopic (exact) mass is 355 g/mol. The molecule has 1 heterocycles. The van der Waals surface area contributed by atoms with Crippen molar-refractivity contribution >= 4 is 11.9 Å². The van der Waals surface area contributed by atoms with Crippen LogP contribution in [-0.4, -0.2) is 24.0 Å². The number of esters is 1. The van der Waals surface area contributed by atoms with Crippen LogP contribution in [0.15, 0.2) is 36.7 Å². The van der Waals surface area contributed by atoms with Crippen LogP contribution in [0.4, 0.5) is 0 Å². The molecule has 0 unspecified atom stereocenters. The Morgan fingerprint density at radius 1 is 1.04 bits per heavy atom. The Balaban J connectivity index is 2.01. The molecule has 1 aromatic carbocycles. The first-order valence-corrected chi connectivity index (χ1v) is 8.62. The maximum atomic E-state index is 12.4. The van der Waals surface area contributed by atoms with Gasteiger partial charge in [-0.1, -0.05) is 6.07 Å². The lowest BCUT2D eigenvalue weighted by Gasteiger charge is -2.26. The molecule has 0 bridgehead atoms. The summed E-state index contributed by atoms with van der Waals surface area (Å²) in [6, 6.07) is 7.32. The molecule has 0 spiro atoms. The van der Waals surface area contributed by atoms with Gasteiger partial charge in [-0.3, -0.25) is 4.79 Å². The van der Waals surface area contributed by atoms with Crippen LogP contribution in [0.25, 0.3) is 0 Å². The smallest absolute Gasteiger partial charge is 0.338 e. The van der Waals surface area contributed by atoms with E-state index in [0.717, 1.165) is 16.7 Å². The van der Waals surface area contributed by atoms with Crippen LogP contribution in [0.1, 0.15) is 51.3 Å². The molecule has 0 atom stereocenters. The highest BCUT2D eigenvalue weighted by Crippen LogP contribution is 2.17. The van der Waals surface area contributed by atoms with Crippen molar-refractivity contribution in [2.24, 2.45) is 7.05 Å². The van der Waals surface area contributed by atoms with Gasteiger partial charge in [0.1, 0.15) is 13.7 Å². The summed E-state index contributed by atoms with van der Waals surface area (Å²) in [5.74, 6) is -0.575. The number of nitrogens with zero attached hydrogens (tertiary/aromatic N) is 1. The minimum absolute atomic E-state index is 0.0878. The number of hydrogen-bond acceptors (Lipinski definition) is 3. The van der Waals surface area contributed by atoms with Crippen molar-refractivity contribution in [1.29, 1.82) is 0 Å². The molecule has 2 aromatic rings.